The van der Waals surface area contributed by atoms with Crippen molar-refractivity contribution in [1.82, 2.24) is 4.72 Å². The Balaban J connectivity index is 3.31. The number of benzene rings is 1. The Morgan fingerprint density at radius 2 is 2.10 bits per heavy atom. The van der Waals surface area contributed by atoms with Crippen LogP contribution in [0.3, 0.4) is 0 Å². The molecule has 0 radical (unpaired) electrons. The lowest BCUT2D eigenvalue weighted by Crippen LogP contribution is -2.41. The number of rotatable bonds is 7. The summed E-state index contributed by atoms with van der Waals surface area (Å²) in [4.78, 5) is 20.4. The number of aryl methyl sites for hydroxylation is 1. The monoisotopic (exact) mass is 318 g/mol. The first kappa shape index (κ1) is 17.0. The first-order valence-electron chi connectivity index (χ1n) is 5.80. The highest BCUT2D eigenvalue weighted by Gasteiger charge is 2.31. The van der Waals surface area contributed by atoms with Crippen molar-refractivity contribution in [2.24, 2.45) is 0 Å². The summed E-state index contributed by atoms with van der Waals surface area (Å²) < 4.78 is 26.3. The topological polar surface area (TPSA) is 147 Å². The molecule has 0 saturated carbocycles. The molecule has 1 aromatic carbocycles. The van der Waals surface area contributed by atoms with Gasteiger partial charge >= 0.3 is 5.97 Å². The highest BCUT2D eigenvalue weighted by Crippen LogP contribution is 2.27. The Labute approximate surface area is 120 Å². The number of carboxylic acid groups (broad SMARTS) is 1. The second-order valence-corrected chi connectivity index (χ2v) is 5.86. The first-order valence-corrected chi connectivity index (χ1v) is 7.29. The Bertz CT molecular complexity index is 657. The zero-order valence-corrected chi connectivity index (χ0v) is 11.8. The summed E-state index contributed by atoms with van der Waals surface area (Å²) in [6, 6.07) is 2.14. The van der Waals surface area contributed by atoms with Gasteiger partial charge in [-0.2, -0.15) is 4.72 Å². The standard InChI is InChI=1S/C11H14N2O7S/c1-7-3-2-4-9(13(17)18)10(7)21(19,20)12-8(5-6-14)11(15)16/h2-4,8,12,14H,5-6H2,1H3,(H,15,16)/t8-/m1/s1. The summed E-state index contributed by atoms with van der Waals surface area (Å²) in [5, 5.41) is 28.6. The van der Waals surface area contributed by atoms with E-state index in [9.17, 15) is 23.3 Å². The molecule has 0 aliphatic carbocycles. The van der Waals surface area contributed by atoms with Crippen LogP contribution in [0, 0.1) is 17.0 Å². The van der Waals surface area contributed by atoms with E-state index >= 15 is 0 Å². The number of nitrogens with zero attached hydrogens (tertiary/aromatic N) is 1. The molecule has 21 heavy (non-hydrogen) atoms. The Kier molecular flexibility index (Phi) is 5.35. The van der Waals surface area contributed by atoms with Gasteiger partial charge in [0.1, 0.15) is 6.04 Å². The van der Waals surface area contributed by atoms with Gasteiger partial charge in [-0.1, -0.05) is 12.1 Å². The number of hydrogen-bond donors (Lipinski definition) is 3. The number of nitro benzene ring substituents is 1. The molecule has 9 nitrogen and oxygen atoms in total. The number of carboxylic acids is 1. The van der Waals surface area contributed by atoms with Crippen molar-refractivity contribution in [3.63, 3.8) is 0 Å². The fourth-order valence-electron chi connectivity index (χ4n) is 1.74. The average molecular weight is 318 g/mol. The average Bonchev–Trinajstić information content (AvgIpc) is 2.37. The molecule has 0 bridgehead atoms. The number of nitro groups is 1. The number of aliphatic hydroxyl groups excluding tert-OH is 1. The zero-order chi connectivity index (χ0) is 16.2. The lowest BCUT2D eigenvalue weighted by Gasteiger charge is -2.14. The third-order valence-electron chi connectivity index (χ3n) is 2.67. The minimum absolute atomic E-state index is 0.116. The summed E-state index contributed by atoms with van der Waals surface area (Å²) in [6.45, 7) is 0.818. The number of nitrogens with one attached hydrogen (secondary N) is 1. The third-order valence-corrected chi connectivity index (χ3v) is 4.33. The van der Waals surface area contributed by atoms with E-state index < -0.39 is 44.1 Å². The molecule has 10 heteroatoms. The van der Waals surface area contributed by atoms with Crippen LogP contribution >= 0.6 is 0 Å². The van der Waals surface area contributed by atoms with E-state index in [-0.39, 0.29) is 12.0 Å². The Morgan fingerprint density at radius 3 is 2.57 bits per heavy atom. The van der Waals surface area contributed by atoms with E-state index in [0.29, 0.717) is 0 Å². The molecule has 0 aliphatic rings. The van der Waals surface area contributed by atoms with E-state index in [1.165, 1.54) is 19.1 Å². The molecule has 1 atom stereocenters. The summed E-state index contributed by atoms with van der Waals surface area (Å²) in [5.41, 5.74) is -0.527. The van der Waals surface area contributed by atoms with Crippen molar-refractivity contribution in [2.75, 3.05) is 6.61 Å². The fraction of sp³-hybridized carbons (Fsp3) is 0.364. The van der Waals surface area contributed by atoms with Gasteiger partial charge < -0.3 is 10.2 Å². The quantitative estimate of drug-likeness (QED) is 0.474. The molecule has 0 fully saturated rings. The van der Waals surface area contributed by atoms with Crippen LogP contribution in [0.2, 0.25) is 0 Å². The predicted molar refractivity (Wildman–Crippen MR) is 71.3 cm³/mol. The van der Waals surface area contributed by atoms with Gasteiger partial charge in [0.2, 0.25) is 10.0 Å². The van der Waals surface area contributed by atoms with E-state index in [2.05, 4.69) is 0 Å². The molecule has 0 spiro atoms. The molecule has 0 saturated heterocycles. The molecule has 0 unspecified atom stereocenters. The molecule has 0 aliphatic heterocycles. The van der Waals surface area contributed by atoms with Gasteiger partial charge in [0.05, 0.1) is 4.92 Å². The van der Waals surface area contributed by atoms with Crippen LogP contribution < -0.4 is 4.72 Å². The van der Waals surface area contributed by atoms with Crippen LogP contribution in [0.1, 0.15) is 12.0 Å². The van der Waals surface area contributed by atoms with Crippen LogP contribution in [-0.2, 0) is 14.8 Å². The summed E-state index contributed by atoms with van der Waals surface area (Å²) >= 11 is 0. The molecule has 1 rings (SSSR count). The SMILES string of the molecule is Cc1cccc([N+](=O)[O-])c1S(=O)(=O)N[C@H](CCO)C(=O)O. The number of aliphatic carboxylic acids is 1. The van der Waals surface area contributed by atoms with Crippen LogP contribution in [0.25, 0.3) is 0 Å². The molecular formula is C11H14N2O7S. The fourth-order valence-corrected chi connectivity index (χ4v) is 3.36. The zero-order valence-electron chi connectivity index (χ0n) is 11.0. The molecule has 0 heterocycles. The summed E-state index contributed by atoms with van der Waals surface area (Å²) in [5.74, 6) is -1.48. The van der Waals surface area contributed by atoms with Crippen molar-refractivity contribution in [2.45, 2.75) is 24.3 Å². The minimum atomic E-state index is -4.42. The van der Waals surface area contributed by atoms with Gasteiger partial charge in [-0.05, 0) is 18.9 Å². The van der Waals surface area contributed by atoms with Gasteiger partial charge in [-0.15, -0.1) is 0 Å². The highest BCUT2D eigenvalue weighted by molar-refractivity contribution is 7.89. The van der Waals surface area contributed by atoms with Gasteiger partial charge in [0.15, 0.2) is 4.90 Å². The van der Waals surface area contributed by atoms with Crippen molar-refractivity contribution in [1.29, 1.82) is 0 Å². The normalized spacial score (nSPS) is 12.9. The number of aliphatic hydroxyl groups is 1. The Morgan fingerprint density at radius 1 is 1.48 bits per heavy atom. The first-order chi connectivity index (χ1) is 9.70. The van der Waals surface area contributed by atoms with Gasteiger partial charge in [-0.25, -0.2) is 8.42 Å². The van der Waals surface area contributed by atoms with Crippen molar-refractivity contribution < 1.29 is 28.3 Å². The van der Waals surface area contributed by atoms with E-state index in [4.69, 9.17) is 10.2 Å². The van der Waals surface area contributed by atoms with Crippen LogP contribution in [-0.4, -0.2) is 42.2 Å². The van der Waals surface area contributed by atoms with Crippen molar-refractivity contribution in [3.05, 3.63) is 33.9 Å². The molecule has 3 N–H and O–H groups in total. The molecule has 0 amide bonds. The second kappa shape index (κ2) is 6.61. The molecular weight excluding hydrogens is 304 g/mol. The second-order valence-electron chi connectivity index (χ2n) is 4.20. The van der Waals surface area contributed by atoms with Crippen molar-refractivity contribution >= 4 is 21.7 Å². The maximum atomic E-state index is 12.2. The van der Waals surface area contributed by atoms with Crippen LogP contribution in [0.5, 0.6) is 0 Å². The molecule has 116 valence electrons. The Hall–Kier alpha value is -2.04. The van der Waals surface area contributed by atoms with E-state index in [1.807, 2.05) is 4.72 Å². The number of hydrogen-bond acceptors (Lipinski definition) is 6. The number of carbonyl (C=O) groups is 1. The van der Waals surface area contributed by atoms with E-state index in [0.717, 1.165) is 6.07 Å². The summed E-state index contributed by atoms with van der Waals surface area (Å²) in [7, 11) is -4.42. The lowest BCUT2D eigenvalue weighted by atomic mass is 10.2. The lowest BCUT2D eigenvalue weighted by molar-refractivity contribution is -0.387. The predicted octanol–water partition coefficient (Wildman–Crippen LogP) is 0.0171. The highest BCUT2D eigenvalue weighted by atomic mass is 32.2. The van der Waals surface area contributed by atoms with Crippen LogP contribution in [0.15, 0.2) is 23.1 Å². The maximum Gasteiger partial charge on any atom is 0.321 e. The van der Waals surface area contributed by atoms with Gasteiger partial charge in [0, 0.05) is 12.7 Å². The van der Waals surface area contributed by atoms with Crippen LogP contribution in [0.4, 0.5) is 5.69 Å². The van der Waals surface area contributed by atoms with Crippen molar-refractivity contribution in [3.8, 4) is 0 Å². The minimum Gasteiger partial charge on any atom is -0.480 e. The maximum absolute atomic E-state index is 12.2. The largest absolute Gasteiger partial charge is 0.480 e. The van der Waals surface area contributed by atoms with Gasteiger partial charge in [-0.3, -0.25) is 14.9 Å². The smallest absolute Gasteiger partial charge is 0.321 e. The molecule has 0 aromatic heterocycles. The molecule has 1 aromatic rings. The number of sulfonamides is 1. The van der Waals surface area contributed by atoms with Gasteiger partial charge in [0.25, 0.3) is 5.69 Å². The van der Waals surface area contributed by atoms with E-state index in [1.54, 1.807) is 0 Å². The summed E-state index contributed by atoms with van der Waals surface area (Å²) in [6.07, 6.45) is -0.353. The third kappa shape index (κ3) is 3.97.